The number of fused-ring (bicyclic) bond motifs is 3. The molecule has 0 spiro atoms. The summed E-state index contributed by atoms with van der Waals surface area (Å²) in [6, 6.07) is 7.57. The van der Waals surface area contributed by atoms with E-state index in [1.165, 1.54) is 0 Å². The first-order chi connectivity index (χ1) is 14.6. The fourth-order valence-electron chi connectivity index (χ4n) is 3.83. The molecule has 4 aromatic heterocycles. The number of aromatic nitrogens is 6. The van der Waals surface area contributed by atoms with E-state index >= 15 is 0 Å². The number of hydrogen-bond acceptors (Lipinski definition) is 5. The Hall–Kier alpha value is -3.94. The van der Waals surface area contributed by atoms with Gasteiger partial charge in [0.15, 0.2) is 0 Å². The Morgan fingerprint density at radius 3 is 2.63 bits per heavy atom. The van der Waals surface area contributed by atoms with Gasteiger partial charge in [0.2, 0.25) is 0 Å². The van der Waals surface area contributed by atoms with Crippen LogP contribution >= 0.6 is 0 Å². The summed E-state index contributed by atoms with van der Waals surface area (Å²) in [5.41, 5.74) is 4.76. The number of aryl methyl sites for hydroxylation is 2. The molecule has 8 heteroatoms. The van der Waals surface area contributed by atoms with Crippen molar-refractivity contribution in [2.45, 2.75) is 13.5 Å². The summed E-state index contributed by atoms with van der Waals surface area (Å²) in [4.78, 5) is 21.8. The molecule has 1 aromatic carbocycles. The molecule has 0 saturated carbocycles. The van der Waals surface area contributed by atoms with Crippen LogP contribution in [0.3, 0.4) is 0 Å². The molecule has 0 unspecified atom stereocenters. The van der Waals surface area contributed by atoms with Gasteiger partial charge < -0.3 is 4.74 Å². The molecule has 0 saturated heterocycles. The van der Waals surface area contributed by atoms with Crippen molar-refractivity contribution >= 4 is 21.9 Å². The number of pyridine rings is 2. The Morgan fingerprint density at radius 2 is 1.93 bits per heavy atom. The van der Waals surface area contributed by atoms with E-state index in [1.807, 2.05) is 48.3 Å². The summed E-state index contributed by atoms with van der Waals surface area (Å²) in [6.07, 6.45) is 8.89. The predicted octanol–water partition coefficient (Wildman–Crippen LogP) is 3.16. The number of hydrogen-bond donors (Lipinski definition) is 0. The summed E-state index contributed by atoms with van der Waals surface area (Å²) >= 11 is 0. The highest BCUT2D eigenvalue weighted by Crippen LogP contribution is 2.36. The third-order valence-corrected chi connectivity index (χ3v) is 5.39. The minimum atomic E-state index is -0.137. The van der Waals surface area contributed by atoms with Crippen molar-refractivity contribution in [1.82, 2.24) is 28.9 Å². The highest BCUT2D eigenvalue weighted by atomic mass is 16.5. The van der Waals surface area contributed by atoms with Gasteiger partial charge in [-0.25, -0.2) is 4.79 Å². The van der Waals surface area contributed by atoms with Crippen molar-refractivity contribution in [2.75, 3.05) is 7.11 Å². The van der Waals surface area contributed by atoms with Gasteiger partial charge in [0.05, 0.1) is 41.7 Å². The smallest absolute Gasteiger partial charge is 0.333 e. The molecule has 0 aliphatic heterocycles. The van der Waals surface area contributed by atoms with E-state index in [0.717, 1.165) is 45.3 Å². The number of rotatable bonds is 4. The van der Waals surface area contributed by atoms with Crippen LogP contribution in [0, 0.1) is 0 Å². The second-order valence-corrected chi connectivity index (χ2v) is 7.03. The highest BCUT2D eigenvalue weighted by molar-refractivity contribution is 6.05. The second kappa shape index (κ2) is 6.84. The molecule has 30 heavy (non-hydrogen) atoms. The molecule has 0 aliphatic carbocycles. The maximum atomic E-state index is 13.1. The lowest BCUT2D eigenvalue weighted by Gasteiger charge is -2.11. The lowest BCUT2D eigenvalue weighted by atomic mass is 10.0. The molecule has 0 aliphatic rings. The Morgan fingerprint density at radius 1 is 1.13 bits per heavy atom. The highest BCUT2D eigenvalue weighted by Gasteiger charge is 2.19. The number of ether oxygens (including phenoxy) is 1. The molecule has 4 heterocycles. The van der Waals surface area contributed by atoms with Crippen molar-refractivity contribution in [3.8, 4) is 22.6 Å². The van der Waals surface area contributed by atoms with Crippen molar-refractivity contribution < 1.29 is 4.74 Å². The van der Waals surface area contributed by atoms with E-state index in [4.69, 9.17) is 4.74 Å². The van der Waals surface area contributed by atoms with Crippen LogP contribution in [0.25, 0.3) is 38.8 Å². The van der Waals surface area contributed by atoms with Gasteiger partial charge in [0, 0.05) is 54.8 Å². The lowest BCUT2D eigenvalue weighted by molar-refractivity contribution is 0.417. The minimum absolute atomic E-state index is 0.137. The summed E-state index contributed by atoms with van der Waals surface area (Å²) in [5.74, 6) is 0.707. The number of benzene rings is 1. The van der Waals surface area contributed by atoms with E-state index in [2.05, 4.69) is 15.1 Å². The van der Waals surface area contributed by atoms with Crippen molar-refractivity contribution in [3.05, 3.63) is 65.7 Å². The Bertz CT molecular complexity index is 1450. The molecule has 0 N–H and O–H groups in total. The molecule has 0 atom stereocenters. The van der Waals surface area contributed by atoms with Crippen molar-refractivity contribution in [3.63, 3.8) is 0 Å². The van der Waals surface area contributed by atoms with Crippen LogP contribution in [0.15, 0.2) is 60.0 Å². The predicted molar refractivity (Wildman–Crippen MR) is 115 cm³/mol. The summed E-state index contributed by atoms with van der Waals surface area (Å²) in [5, 5.41) is 5.25. The van der Waals surface area contributed by atoms with Gasteiger partial charge >= 0.3 is 5.69 Å². The molecule has 0 bridgehead atoms. The van der Waals surface area contributed by atoms with Crippen LogP contribution in [0.1, 0.15) is 6.92 Å². The van der Waals surface area contributed by atoms with Crippen LogP contribution in [0.4, 0.5) is 0 Å². The summed E-state index contributed by atoms with van der Waals surface area (Å²) in [7, 11) is 3.40. The normalized spacial score (nSPS) is 11.4. The standard InChI is InChI=1S/C22H20N6O2/c1-4-27-13-14(11-25-27)16-9-17-18(10-20(16)30-3)24-12-19-21(17)28(22(29)26(19)2)15-5-7-23-8-6-15/h5-13H,4H2,1-3H3. The molecular formula is C22H20N6O2. The topological polar surface area (TPSA) is 79.8 Å². The molecule has 5 aromatic rings. The first-order valence-corrected chi connectivity index (χ1v) is 9.63. The summed E-state index contributed by atoms with van der Waals surface area (Å²) < 4.78 is 10.8. The van der Waals surface area contributed by atoms with E-state index in [-0.39, 0.29) is 5.69 Å². The number of methoxy groups -OCH3 is 1. The third kappa shape index (κ3) is 2.61. The zero-order valence-corrected chi connectivity index (χ0v) is 16.9. The molecule has 5 rings (SSSR count). The molecular weight excluding hydrogens is 380 g/mol. The van der Waals surface area contributed by atoms with E-state index < -0.39 is 0 Å². The van der Waals surface area contributed by atoms with Gasteiger partial charge in [0.25, 0.3) is 0 Å². The zero-order chi connectivity index (χ0) is 20.8. The second-order valence-electron chi connectivity index (χ2n) is 7.03. The Labute approximate surface area is 172 Å². The van der Waals surface area contributed by atoms with Crippen LogP contribution in [0.5, 0.6) is 5.75 Å². The third-order valence-electron chi connectivity index (χ3n) is 5.39. The van der Waals surface area contributed by atoms with Crippen LogP contribution in [-0.4, -0.2) is 36.0 Å². The van der Waals surface area contributed by atoms with Gasteiger partial charge in [-0.3, -0.25) is 23.8 Å². The van der Waals surface area contributed by atoms with Crippen molar-refractivity contribution in [1.29, 1.82) is 0 Å². The van der Waals surface area contributed by atoms with Gasteiger partial charge in [-0.15, -0.1) is 0 Å². The molecule has 8 nitrogen and oxygen atoms in total. The van der Waals surface area contributed by atoms with Crippen molar-refractivity contribution in [2.24, 2.45) is 7.05 Å². The van der Waals surface area contributed by atoms with Crippen LogP contribution in [0.2, 0.25) is 0 Å². The molecule has 0 radical (unpaired) electrons. The Balaban J connectivity index is 1.90. The minimum Gasteiger partial charge on any atom is -0.496 e. The maximum Gasteiger partial charge on any atom is 0.333 e. The monoisotopic (exact) mass is 400 g/mol. The van der Waals surface area contributed by atoms with Gasteiger partial charge in [-0.1, -0.05) is 0 Å². The largest absolute Gasteiger partial charge is 0.496 e. The number of imidazole rings is 1. The fraction of sp³-hybridized carbons (Fsp3) is 0.182. The Kier molecular flexibility index (Phi) is 4.13. The quantitative estimate of drug-likeness (QED) is 0.463. The van der Waals surface area contributed by atoms with Gasteiger partial charge in [-0.05, 0) is 25.1 Å². The average Bonchev–Trinajstić information content (AvgIpc) is 3.36. The summed E-state index contributed by atoms with van der Waals surface area (Å²) in [6.45, 7) is 2.82. The maximum absolute atomic E-state index is 13.1. The van der Waals surface area contributed by atoms with E-state index in [1.54, 1.807) is 41.9 Å². The molecule has 0 amide bonds. The van der Waals surface area contributed by atoms with Crippen LogP contribution < -0.4 is 10.4 Å². The SMILES string of the molecule is CCn1cc(-c2cc3c(cc2OC)ncc2c3n(-c3ccncc3)c(=O)n2C)cn1. The number of nitrogens with zero attached hydrogens (tertiary/aromatic N) is 6. The first kappa shape index (κ1) is 18.1. The van der Waals surface area contributed by atoms with E-state index in [0.29, 0.717) is 5.75 Å². The lowest BCUT2D eigenvalue weighted by Crippen LogP contribution is -2.20. The van der Waals surface area contributed by atoms with Crippen LogP contribution in [-0.2, 0) is 13.6 Å². The van der Waals surface area contributed by atoms with Gasteiger partial charge in [0.1, 0.15) is 5.75 Å². The van der Waals surface area contributed by atoms with E-state index in [9.17, 15) is 4.79 Å². The average molecular weight is 400 g/mol. The fourth-order valence-corrected chi connectivity index (χ4v) is 3.83. The molecule has 0 fully saturated rings. The van der Waals surface area contributed by atoms with Gasteiger partial charge in [-0.2, -0.15) is 5.10 Å². The zero-order valence-electron chi connectivity index (χ0n) is 16.9. The molecule has 150 valence electrons. The first-order valence-electron chi connectivity index (χ1n) is 9.63.